The van der Waals surface area contributed by atoms with Crippen LogP contribution < -0.4 is 5.32 Å². The summed E-state index contributed by atoms with van der Waals surface area (Å²) in [5.41, 5.74) is 1.28. The third-order valence-electron chi connectivity index (χ3n) is 4.66. The summed E-state index contributed by atoms with van der Waals surface area (Å²) in [6, 6.07) is 2.82. The molecule has 0 radical (unpaired) electrons. The number of carbonyl (C=O) groups excluding carboxylic acids is 1. The van der Waals surface area contributed by atoms with Crippen LogP contribution in [0.25, 0.3) is 0 Å². The fraction of sp³-hybridized carbons (Fsp3) is 0.688. The molecule has 0 bridgehead atoms. The standard InChI is InChI=1S/C16H25N3O2S/c1-13(18-6-8-21-9-7-18)11-17-16(20)19-5-2-3-15(19)14-4-10-22-12-14/h4,10,12-13,15H,2-3,5-9,11H2,1H3,(H,17,20)/t13-,15-/m0/s1. The number of likely N-dealkylation sites (tertiary alicyclic amines) is 1. The van der Waals surface area contributed by atoms with Crippen molar-refractivity contribution < 1.29 is 9.53 Å². The zero-order chi connectivity index (χ0) is 15.4. The Morgan fingerprint density at radius 3 is 3.00 bits per heavy atom. The minimum Gasteiger partial charge on any atom is -0.379 e. The summed E-state index contributed by atoms with van der Waals surface area (Å²) in [6.07, 6.45) is 2.16. The maximum atomic E-state index is 12.5. The van der Waals surface area contributed by atoms with Gasteiger partial charge in [-0.2, -0.15) is 11.3 Å². The Kier molecular flexibility index (Phi) is 5.33. The highest BCUT2D eigenvalue weighted by Crippen LogP contribution is 2.32. The van der Waals surface area contributed by atoms with E-state index in [4.69, 9.17) is 4.74 Å². The highest BCUT2D eigenvalue weighted by atomic mass is 32.1. The van der Waals surface area contributed by atoms with Crippen LogP contribution in [0, 0.1) is 0 Å². The number of urea groups is 1. The first kappa shape index (κ1) is 15.8. The van der Waals surface area contributed by atoms with Gasteiger partial charge in [-0.1, -0.05) is 0 Å². The lowest BCUT2D eigenvalue weighted by Crippen LogP contribution is -2.49. The maximum Gasteiger partial charge on any atom is 0.317 e. The van der Waals surface area contributed by atoms with Crippen molar-refractivity contribution in [1.82, 2.24) is 15.1 Å². The molecule has 122 valence electrons. The lowest BCUT2D eigenvalue weighted by Gasteiger charge is -2.33. The Morgan fingerprint density at radius 1 is 1.45 bits per heavy atom. The first-order valence-corrected chi connectivity index (χ1v) is 9.08. The Morgan fingerprint density at radius 2 is 2.27 bits per heavy atom. The second-order valence-electron chi connectivity index (χ2n) is 6.09. The van der Waals surface area contributed by atoms with Crippen molar-refractivity contribution in [2.75, 3.05) is 39.4 Å². The largest absolute Gasteiger partial charge is 0.379 e. The van der Waals surface area contributed by atoms with Gasteiger partial charge < -0.3 is 15.0 Å². The minimum absolute atomic E-state index is 0.0776. The molecule has 2 aliphatic heterocycles. The predicted molar refractivity (Wildman–Crippen MR) is 88.3 cm³/mol. The Hall–Kier alpha value is -1.11. The van der Waals surface area contributed by atoms with Crippen molar-refractivity contribution in [3.63, 3.8) is 0 Å². The number of hydrogen-bond donors (Lipinski definition) is 1. The molecule has 1 aromatic heterocycles. The molecule has 2 amide bonds. The van der Waals surface area contributed by atoms with Crippen molar-refractivity contribution >= 4 is 17.4 Å². The normalized spacial score (nSPS) is 24.4. The lowest BCUT2D eigenvalue weighted by atomic mass is 10.1. The van der Waals surface area contributed by atoms with E-state index in [0.717, 1.165) is 45.7 Å². The van der Waals surface area contributed by atoms with Gasteiger partial charge in [-0.3, -0.25) is 4.90 Å². The van der Waals surface area contributed by atoms with Crippen LogP contribution in [0.5, 0.6) is 0 Å². The van der Waals surface area contributed by atoms with Gasteiger partial charge in [-0.25, -0.2) is 4.79 Å². The van der Waals surface area contributed by atoms with Crippen molar-refractivity contribution in [1.29, 1.82) is 0 Å². The van der Waals surface area contributed by atoms with Gasteiger partial charge in [0, 0.05) is 32.2 Å². The van der Waals surface area contributed by atoms with Gasteiger partial charge in [0.15, 0.2) is 0 Å². The first-order valence-electron chi connectivity index (χ1n) is 8.14. The average Bonchev–Trinajstić information content (AvgIpc) is 3.23. The molecule has 0 unspecified atom stereocenters. The molecular formula is C16H25N3O2S. The number of morpholine rings is 1. The number of ether oxygens (including phenoxy) is 1. The number of rotatable bonds is 4. The van der Waals surface area contributed by atoms with E-state index in [-0.39, 0.29) is 12.1 Å². The summed E-state index contributed by atoms with van der Waals surface area (Å²) >= 11 is 1.70. The molecule has 2 atom stereocenters. The highest BCUT2D eigenvalue weighted by molar-refractivity contribution is 7.07. The van der Waals surface area contributed by atoms with Crippen LogP contribution in [0.15, 0.2) is 16.8 Å². The van der Waals surface area contributed by atoms with E-state index in [9.17, 15) is 4.79 Å². The van der Waals surface area contributed by atoms with E-state index < -0.39 is 0 Å². The Bertz CT molecular complexity index is 474. The van der Waals surface area contributed by atoms with E-state index >= 15 is 0 Å². The number of hydrogen-bond acceptors (Lipinski definition) is 4. The van der Waals surface area contributed by atoms with Crippen molar-refractivity contribution in [2.45, 2.75) is 31.8 Å². The number of carbonyl (C=O) groups is 1. The summed E-state index contributed by atoms with van der Waals surface area (Å²) < 4.78 is 5.38. The van der Waals surface area contributed by atoms with Crippen LogP contribution in [-0.4, -0.2) is 61.3 Å². The van der Waals surface area contributed by atoms with E-state index in [1.54, 1.807) is 11.3 Å². The van der Waals surface area contributed by atoms with Gasteiger partial charge in [0.2, 0.25) is 0 Å². The van der Waals surface area contributed by atoms with Gasteiger partial charge in [0.1, 0.15) is 0 Å². The lowest BCUT2D eigenvalue weighted by molar-refractivity contribution is 0.0206. The van der Waals surface area contributed by atoms with Gasteiger partial charge in [0.05, 0.1) is 19.3 Å². The van der Waals surface area contributed by atoms with Crippen LogP contribution in [0.1, 0.15) is 31.4 Å². The SMILES string of the molecule is C[C@@H](CNC(=O)N1CCC[C@H]1c1ccsc1)N1CCOCC1. The molecule has 2 aliphatic rings. The number of thiophene rings is 1. The van der Waals surface area contributed by atoms with Crippen LogP contribution >= 0.6 is 11.3 Å². The molecule has 6 heteroatoms. The molecule has 1 aromatic rings. The Labute approximate surface area is 136 Å². The van der Waals surface area contributed by atoms with Gasteiger partial charge >= 0.3 is 6.03 Å². The maximum absolute atomic E-state index is 12.5. The molecule has 22 heavy (non-hydrogen) atoms. The molecule has 0 aliphatic carbocycles. The topological polar surface area (TPSA) is 44.8 Å². The number of nitrogens with zero attached hydrogens (tertiary/aromatic N) is 2. The zero-order valence-corrected chi connectivity index (χ0v) is 14.0. The van der Waals surface area contributed by atoms with Crippen LogP contribution in [0.3, 0.4) is 0 Å². The van der Waals surface area contributed by atoms with E-state index in [2.05, 4.69) is 34.0 Å². The smallest absolute Gasteiger partial charge is 0.317 e. The second kappa shape index (κ2) is 7.44. The van der Waals surface area contributed by atoms with Crippen LogP contribution in [-0.2, 0) is 4.74 Å². The van der Waals surface area contributed by atoms with Crippen molar-refractivity contribution in [3.8, 4) is 0 Å². The number of amides is 2. The molecule has 2 saturated heterocycles. The molecule has 0 spiro atoms. The van der Waals surface area contributed by atoms with Crippen LogP contribution in [0.4, 0.5) is 4.79 Å². The van der Waals surface area contributed by atoms with Crippen LogP contribution in [0.2, 0.25) is 0 Å². The fourth-order valence-electron chi connectivity index (χ4n) is 3.30. The predicted octanol–water partition coefficient (Wildman–Crippen LogP) is 2.32. The molecule has 5 nitrogen and oxygen atoms in total. The summed E-state index contributed by atoms with van der Waals surface area (Å²) in [5, 5.41) is 7.37. The summed E-state index contributed by atoms with van der Waals surface area (Å²) in [7, 11) is 0. The van der Waals surface area contributed by atoms with E-state index in [1.807, 2.05) is 4.90 Å². The molecule has 3 heterocycles. The van der Waals surface area contributed by atoms with Gasteiger partial charge in [0.25, 0.3) is 0 Å². The fourth-order valence-corrected chi connectivity index (χ4v) is 4.01. The van der Waals surface area contributed by atoms with Crippen molar-refractivity contribution in [2.24, 2.45) is 0 Å². The molecule has 1 N–H and O–H groups in total. The van der Waals surface area contributed by atoms with Gasteiger partial charge in [-0.05, 0) is 42.2 Å². The molecule has 0 aromatic carbocycles. The first-order chi connectivity index (χ1) is 10.8. The zero-order valence-electron chi connectivity index (χ0n) is 13.2. The summed E-state index contributed by atoms with van der Waals surface area (Å²) in [5.74, 6) is 0. The summed E-state index contributed by atoms with van der Waals surface area (Å²) in [4.78, 5) is 16.9. The molecular weight excluding hydrogens is 298 g/mol. The summed E-state index contributed by atoms with van der Waals surface area (Å²) in [6.45, 7) is 7.24. The number of nitrogens with one attached hydrogen (secondary N) is 1. The average molecular weight is 323 g/mol. The third-order valence-corrected chi connectivity index (χ3v) is 5.36. The van der Waals surface area contributed by atoms with Gasteiger partial charge in [-0.15, -0.1) is 0 Å². The monoisotopic (exact) mass is 323 g/mol. The van der Waals surface area contributed by atoms with Crippen molar-refractivity contribution in [3.05, 3.63) is 22.4 Å². The Balaban J connectivity index is 1.50. The molecule has 0 saturated carbocycles. The third kappa shape index (κ3) is 3.62. The molecule has 2 fully saturated rings. The molecule has 3 rings (SSSR count). The minimum atomic E-state index is 0.0776. The second-order valence-corrected chi connectivity index (χ2v) is 6.87. The quantitative estimate of drug-likeness (QED) is 0.925. The van der Waals surface area contributed by atoms with E-state index in [0.29, 0.717) is 12.6 Å². The highest BCUT2D eigenvalue weighted by Gasteiger charge is 2.30. The van der Waals surface area contributed by atoms with E-state index in [1.165, 1.54) is 5.56 Å².